The maximum absolute atomic E-state index is 12.6. The zero-order chi connectivity index (χ0) is 16.1. The van der Waals surface area contributed by atoms with Gasteiger partial charge in [-0.25, -0.2) is 8.78 Å². The summed E-state index contributed by atoms with van der Waals surface area (Å²) in [7, 11) is 0. The third-order valence-corrected chi connectivity index (χ3v) is 4.18. The Bertz CT molecular complexity index is 493. The molecule has 22 heavy (non-hydrogen) atoms. The predicted octanol–water partition coefficient (Wildman–Crippen LogP) is 1.95. The molecule has 1 aromatic rings. The van der Waals surface area contributed by atoms with Gasteiger partial charge in [-0.1, -0.05) is 19.1 Å². The van der Waals surface area contributed by atoms with Gasteiger partial charge in [0.1, 0.15) is 0 Å². The van der Waals surface area contributed by atoms with Crippen LogP contribution in [0.2, 0.25) is 0 Å². The lowest BCUT2D eigenvalue weighted by atomic mass is 10.1. The number of alkyl halides is 2. The van der Waals surface area contributed by atoms with Crippen LogP contribution >= 0.6 is 0 Å². The van der Waals surface area contributed by atoms with Crippen molar-refractivity contribution in [3.05, 3.63) is 35.4 Å². The van der Waals surface area contributed by atoms with Crippen LogP contribution in [0, 0.1) is 0 Å². The van der Waals surface area contributed by atoms with E-state index in [0.29, 0.717) is 12.1 Å². The van der Waals surface area contributed by atoms with E-state index < -0.39 is 12.3 Å². The Labute approximate surface area is 129 Å². The van der Waals surface area contributed by atoms with E-state index in [0.717, 1.165) is 31.6 Å². The highest BCUT2D eigenvalue weighted by Crippen LogP contribution is 2.17. The van der Waals surface area contributed by atoms with Crippen LogP contribution in [0.25, 0.3) is 0 Å². The predicted molar refractivity (Wildman–Crippen MR) is 81.9 cm³/mol. The van der Waals surface area contributed by atoms with Crippen LogP contribution in [0.15, 0.2) is 24.3 Å². The van der Waals surface area contributed by atoms with Crippen LogP contribution in [-0.2, 0) is 6.54 Å². The van der Waals surface area contributed by atoms with E-state index in [2.05, 4.69) is 4.90 Å². The number of hydrogen-bond donors (Lipinski definition) is 1. The van der Waals surface area contributed by atoms with Crippen molar-refractivity contribution in [3.8, 4) is 0 Å². The Morgan fingerprint density at radius 1 is 1.32 bits per heavy atom. The molecular formula is C16H23F2N3O. The van der Waals surface area contributed by atoms with Gasteiger partial charge in [-0.15, -0.1) is 0 Å². The lowest BCUT2D eigenvalue weighted by molar-refractivity contribution is 0.0169. The average molecular weight is 311 g/mol. The standard InChI is InChI=1S/C16H23F2N3O/c1-2-14-10-20(7-8-21(14)11-15(17)18)9-12-3-5-13(6-4-12)16(19)22/h3-6,14-15H,2,7-11H2,1H3,(H2,19,22)/t14-/m1/s1. The van der Waals surface area contributed by atoms with E-state index in [4.69, 9.17) is 5.73 Å². The quantitative estimate of drug-likeness (QED) is 0.873. The molecule has 0 saturated carbocycles. The molecule has 0 spiro atoms. The number of rotatable bonds is 6. The Morgan fingerprint density at radius 3 is 2.55 bits per heavy atom. The second-order valence-electron chi connectivity index (χ2n) is 5.74. The van der Waals surface area contributed by atoms with E-state index in [9.17, 15) is 13.6 Å². The van der Waals surface area contributed by atoms with Crippen LogP contribution in [0.5, 0.6) is 0 Å². The van der Waals surface area contributed by atoms with Crippen LogP contribution in [0.1, 0.15) is 29.3 Å². The van der Waals surface area contributed by atoms with Crippen LogP contribution in [0.3, 0.4) is 0 Å². The number of piperazine rings is 1. The highest BCUT2D eigenvalue weighted by molar-refractivity contribution is 5.92. The molecule has 1 heterocycles. The number of nitrogens with two attached hydrogens (primary N) is 1. The Hall–Kier alpha value is -1.53. The number of hydrogen-bond acceptors (Lipinski definition) is 3. The van der Waals surface area contributed by atoms with Crippen molar-refractivity contribution < 1.29 is 13.6 Å². The minimum Gasteiger partial charge on any atom is -0.366 e. The molecule has 1 aromatic carbocycles. The largest absolute Gasteiger partial charge is 0.366 e. The SMILES string of the molecule is CC[C@@H]1CN(Cc2ccc(C(N)=O)cc2)CCN1CC(F)F. The summed E-state index contributed by atoms with van der Waals surface area (Å²) in [6, 6.07) is 7.41. The van der Waals surface area contributed by atoms with Crippen LogP contribution in [-0.4, -0.2) is 54.4 Å². The minimum absolute atomic E-state index is 0.139. The smallest absolute Gasteiger partial charge is 0.251 e. The third kappa shape index (κ3) is 4.48. The summed E-state index contributed by atoms with van der Waals surface area (Å²) in [6.45, 7) is 4.90. The molecule has 1 saturated heterocycles. The average Bonchev–Trinajstić information content (AvgIpc) is 2.49. The molecule has 2 N–H and O–H groups in total. The fraction of sp³-hybridized carbons (Fsp3) is 0.562. The first-order chi connectivity index (χ1) is 10.5. The van der Waals surface area contributed by atoms with Gasteiger partial charge in [-0.05, 0) is 24.1 Å². The van der Waals surface area contributed by atoms with Crippen LogP contribution in [0.4, 0.5) is 8.78 Å². The molecule has 1 atom stereocenters. The molecule has 0 bridgehead atoms. The summed E-state index contributed by atoms with van der Waals surface area (Å²) < 4.78 is 25.2. The van der Waals surface area contributed by atoms with E-state index in [1.54, 1.807) is 12.1 Å². The van der Waals surface area contributed by atoms with E-state index in [-0.39, 0.29) is 12.6 Å². The molecule has 1 aliphatic rings. The topological polar surface area (TPSA) is 49.6 Å². The van der Waals surface area contributed by atoms with Crippen molar-refractivity contribution in [3.63, 3.8) is 0 Å². The molecule has 0 aromatic heterocycles. The molecule has 0 aliphatic carbocycles. The molecule has 1 aliphatic heterocycles. The third-order valence-electron chi connectivity index (χ3n) is 4.18. The monoisotopic (exact) mass is 311 g/mol. The molecule has 4 nitrogen and oxygen atoms in total. The van der Waals surface area contributed by atoms with Crippen molar-refractivity contribution in [2.24, 2.45) is 5.73 Å². The molecular weight excluding hydrogens is 288 g/mol. The van der Waals surface area contributed by atoms with Gasteiger partial charge >= 0.3 is 0 Å². The number of nitrogens with zero attached hydrogens (tertiary/aromatic N) is 2. The van der Waals surface area contributed by atoms with Gasteiger partial charge in [-0.2, -0.15) is 0 Å². The summed E-state index contributed by atoms with van der Waals surface area (Å²) in [5, 5.41) is 0. The zero-order valence-electron chi connectivity index (χ0n) is 12.8. The van der Waals surface area contributed by atoms with Crippen molar-refractivity contribution in [1.82, 2.24) is 9.80 Å². The van der Waals surface area contributed by atoms with Crippen molar-refractivity contribution >= 4 is 5.91 Å². The second kappa shape index (κ2) is 7.65. The highest BCUT2D eigenvalue weighted by Gasteiger charge is 2.27. The molecule has 1 amide bonds. The summed E-state index contributed by atoms with van der Waals surface area (Å²) in [5.41, 5.74) is 6.82. The lowest BCUT2D eigenvalue weighted by Crippen LogP contribution is -2.53. The van der Waals surface area contributed by atoms with E-state index in [1.807, 2.05) is 24.0 Å². The molecule has 1 fully saturated rings. The number of halogens is 2. The van der Waals surface area contributed by atoms with Crippen LogP contribution < -0.4 is 5.73 Å². The van der Waals surface area contributed by atoms with Crippen molar-refractivity contribution in [1.29, 1.82) is 0 Å². The van der Waals surface area contributed by atoms with Gasteiger partial charge < -0.3 is 5.73 Å². The molecule has 2 rings (SSSR count). The first-order valence-electron chi connectivity index (χ1n) is 7.63. The van der Waals surface area contributed by atoms with E-state index >= 15 is 0 Å². The highest BCUT2D eigenvalue weighted by atomic mass is 19.3. The number of primary amides is 1. The Balaban J connectivity index is 1.93. The fourth-order valence-corrected chi connectivity index (χ4v) is 2.94. The first-order valence-corrected chi connectivity index (χ1v) is 7.63. The van der Waals surface area contributed by atoms with E-state index in [1.165, 1.54) is 0 Å². The zero-order valence-corrected chi connectivity index (χ0v) is 12.8. The number of benzene rings is 1. The van der Waals surface area contributed by atoms with Crippen molar-refractivity contribution in [2.45, 2.75) is 32.4 Å². The van der Waals surface area contributed by atoms with Gasteiger partial charge in [0.15, 0.2) is 0 Å². The van der Waals surface area contributed by atoms with Gasteiger partial charge in [0.05, 0.1) is 6.54 Å². The van der Waals surface area contributed by atoms with Gasteiger partial charge in [0, 0.05) is 37.8 Å². The summed E-state index contributed by atoms with van der Waals surface area (Å²) in [4.78, 5) is 15.2. The lowest BCUT2D eigenvalue weighted by Gasteiger charge is -2.41. The second-order valence-corrected chi connectivity index (χ2v) is 5.74. The maximum atomic E-state index is 12.6. The van der Waals surface area contributed by atoms with Gasteiger partial charge in [-0.3, -0.25) is 14.6 Å². The summed E-state index contributed by atoms with van der Waals surface area (Å²) >= 11 is 0. The normalized spacial score (nSPS) is 20.5. The number of carbonyl (C=O) groups is 1. The Kier molecular flexibility index (Phi) is 5.85. The fourth-order valence-electron chi connectivity index (χ4n) is 2.94. The first kappa shape index (κ1) is 16.8. The van der Waals surface area contributed by atoms with Gasteiger partial charge in [0.2, 0.25) is 5.91 Å². The Morgan fingerprint density at radius 2 is 2.00 bits per heavy atom. The molecule has 122 valence electrons. The number of carbonyl (C=O) groups excluding carboxylic acids is 1. The minimum atomic E-state index is -2.28. The summed E-state index contributed by atoms with van der Waals surface area (Å²) in [5.74, 6) is -0.432. The molecule has 0 unspecified atom stereocenters. The van der Waals surface area contributed by atoms with Gasteiger partial charge in [0.25, 0.3) is 6.43 Å². The number of amides is 1. The molecule has 0 radical (unpaired) electrons. The van der Waals surface area contributed by atoms with Crippen molar-refractivity contribution in [2.75, 3.05) is 26.2 Å². The maximum Gasteiger partial charge on any atom is 0.251 e. The summed E-state index contributed by atoms with van der Waals surface area (Å²) in [6.07, 6.45) is -1.41. The molecule has 6 heteroatoms.